The molecule has 1 aromatic heterocycles. The number of nitrogens with one attached hydrogen (secondary N) is 1. The van der Waals surface area contributed by atoms with Crippen LogP contribution in [0.4, 0.5) is 0 Å². The molecule has 2 rings (SSSR count). The van der Waals surface area contributed by atoms with Crippen molar-refractivity contribution >= 4 is 16.9 Å². The number of rotatable bonds is 2. The number of hydrogen-bond acceptors (Lipinski definition) is 3. The van der Waals surface area contributed by atoms with Gasteiger partial charge in [0.25, 0.3) is 0 Å². The Kier molecular flexibility index (Phi) is 3.41. The van der Waals surface area contributed by atoms with Crippen molar-refractivity contribution < 1.29 is 9.53 Å². The van der Waals surface area contributed by atoms with Crippen LogP contribution >= 0.6 is 0 Å². The lowest BCUT2D eigenvalue weighted by Crippen LogP contribution is -2.01. The average molecular weight is 228 g/mol. The lowest BCUT2D eigenvalue weighted by Gasteiger charge is -1.95. The first-order chi connectivity index (χ1) is 8.29. The van der Waals surface area contributed by atoms with Gasteiger partial charge in [0.05, 0.1) is 18.3 Å². The number of esters is 1. The Morgan fingerprint density at radius 3 is 3.24 bits per heavy atom. The molecule has 0 atom stereocenters. The normalized spacial score (nSPS) is 9.71. The highest BCUT2D eigenvalue weighted by Gasteiger charge is 1.97. The van der Waals surface area contributed by atoms with Crippen LogP contribution in [-0.2, 0) is 9.53 Å². The standard InChI is InChI=1S/C13H12N2O2/c1-2-17-13(16)5-3-4-10-6-7-12-11(8-10)9-14-15-12/h6-9H,2,5H2,1H3,(H,14,15). The molecular formula is C13H12N2O2. The zero-order valence-electron chi connectivity index (χ0n) is 9.49. The highest BCUT2D eigenvalue weighted by atomic mass is 16.5. The molecule has 0 aliphatic rings. The predicted octanol–water partition coefficient (Wildman–Crippen LogP) is 1.87. The summed E-state index contributed by atoms with van der Waals surface area (Å²) in [6.07, 6.45) is 1.86. The summed E-state index contributed by atoms with van der Waals surface area (Å²) in [4.78, 5) is 11.1. The molecule has 17 heavy (non-hydrogen) atoms. The van der Waals surface area contributed by atoms with Gasteiger partial charge in [0.1, 0.15) is 6.42 Å². The fourth-order valence-electron chi connectivity index (χ4n) is 1.45. The van der Waals surface area contributed by atoms with Crippen molar-refractivity contribution in [2.45, 2.75) is 13.3 Å². The number of nitrogens with zero attached hydrogens (tertiary/aromatic N) is 1. The molecule has 0 radical (unpaired) electrons. The molecule has 1 aromatic carbocycles. The molecule has 0 aliphatic carbocycles. The van der Waals surface area contributed by atoms with Gasteiger partial charge in [0.2, 0.25) is 0 Å². The molecule has 0 bridgehead atoms. The fourth-order valence-corrected chi connectivity index (χ4v) is 1.45. The number of hydrogen-bond donors (Lipinski definition) is 1. The number of benzene rings is 1. The quantitative estimate of drug-likeness (QED) is 0.630. The molecule has 0 amide bonds. The molecule has 0 saturated heterocycles. The molecule has 0 unspecified atom stereocenters. The van der Waals surface area contributed by atoms with Gasteiger partial charge in [0, 0.05) is 10.9 Å². The lowest BCUT2D eigenvalue weighted by atomic mass is 10.1. The molecule has 2 aromatic rings. The minimum Gasteiger partial charge on any atom is -0.465 e. The van der Waals surface area contributed by atoms with Gasteiger partial charge in [-0.3, -0.25) is 9.89 Å². The molecular weight excluding hydrogens is 216 g/mol. The smallest absolute Gasteiger partial charge is 0.317 e. The maximum atomic E-state index is 11.1. The van der Waals surface area contributed by atoms with Crippen molar-refractivity contribution in [2.24, 2.45) is 0 Å². The van der Waals surface area contributed by atoms with Gasteiger partial charge < -0.3 is 4.74 Å². The summed E-state index contributed by atoms with van der Waals surface area (Å²) < 4.78 is 4.78. The third-order valence-corrected chi connectivity index (χ3v) is 2.21. The van der Waals surface area contributed by atoms with E-state index in [9.17, 15) is 4.79 Å². The van der Waals surface area contributed by atoms with Crippen LogP contribution < -0.4 is 0 Å². The van der Waals surface area contributed by atoms with Gasteiger partial charge >= 0.3 is 5.97 Å². The highest BCUT2D eigenvalue weighted by Crippen LogP contribution is 2.11. The lowest BCUT2D eigenvalue weighted by molar-refractivity contribution is -0.141. The third kappa shape index (κ3) is 2.85. The van der Waals surface area contributed by atoms with Crippen molar-refractivity contribution in [3.8, 4) is 11.8 Å². The highest BCUT2D eigenvalue weighted by molar-refractivity contribution is 5.79. The van der Waals surface area contributed by atoms with Crippen molar-refractivity contribution in [3.63, 3.8) is 0 Å². The average Bonchev–Trinajstić information content (AvgIpc) is 2.76. The maximum Gasteiger partial charge on any atom is 0.317 e. The Balaban J connectivity index is 2.07. The molecule has 4 nitrogen and oxygen atoms in total. The third-order valence-electron chi connectivity index (χ3n) is 2.21. The molecule has 1 heterocycles. The zero-order chi connectivity index (χ0) is 12.1. The van der Waals surface area contributed by atoms with Crippen LogP contribution in [0.1, 0.15) is 18.9 Å². The van der Waals surface area contributed by atoms with E-state index in [-0.39, 0.29) is 12.4 Å². The summed E-state index contributed by atoms with van der Waals surface area (Å²) in [6.45, 7) is 2.17. The van der Waals surface area contributed by atoms with Crippen LogP contribution in [0.5, 0.6) is 0 Å². The summed E-state index contributed by atoms with van der Waals surface area (Å²) in [5, 5.41) is 7.80. The van der Waals surface area contributed by atoms with Crippen LogP contribution in [0.3, 0.4) is 0 Å². The Morgan fingerprint density at radius 2 is 2.41 bits per heavy atom. The van der Waals surface area contributed by atoms with Crippen molar-refractivity contribution in [3.05, 3.63) is 30.0 Å². The van der Waals surface area contributed by atoms with Crippen LogP contribution in [0, 0.1) is 11.8 Å². The second-order valence-corrected chi connectivity index (χ2v) is 3.46. The Bertz CT molecular complexity index is 590. The minimum atomic E-state index is -0.288. The van der Waals surface area contributed by atoms with Gasteiger partial charge in [-0.1, -0.05) is 11.8 Å². The number of carbonyl (C=O) groups is 1. The van der Waals surface area contributed by atoms with Gasteiger partial charge in [-0.2, -0.15) is 5.10 Å². The second kappa shape index (κ2) is 5.17. The number of H-pyrrole nitrogens is 1. The number of carbonyl (C=O) groups excluding carboxylic acids is 1. The number of aromatic amines is 1. The van der Waals surface area contributed by atoms with Crippen LogP contribution in [0.2, 0.25) is 0 Å². The minimum absolute atomic E-state index is 0.122. The molecule has 86 valence electrons. The first-order valence-electron chi connectivity index (χ1n) is 5.37. The molecule has 4 heteroatoms. The van der Waals surface area contributed by atoms with Gasteiger partial charge in [0.15, 0.2) is 0 Å². The summed E-state index contributed by atoms with van der Waals surface area (Å²) in [6, 6.07) is 5.73. The monoisotopic (exact) mass is 228 g/mol. The van der Waals surface area contributed by atoms with Crippen molar-refractivity contribution in [1.82, 2.24) is 10.2 Å². The topological polar surface area (TPSA) is 55.0 Å². The van der Waals surface area contributed by atoms with E-state index < -0.39 is 0 Å². The van der Waals surface area contributed by atoms with E-state index in [1.54, 1.807) is 13.1 Å². The predicted molar refractivity (Wildman–Crippen MR) is 64.2 cm³/mol. The first kappa shape index (κ1) is 11.2. The summed E-state index contributed by atoms with van der Waals surface area (Å²) >= 11 is 0. The van der Waals surface area contributed by atoms with Crippen molar-refractivity contribution in [1.29, 1.82) is 0 Å². The molecule has 0 saturated carbocycles. The van der Waals surface area contributed by atoms with Crippen LogP contribution in [0.25, 0.3) is 10.9 Å². The molecule has 0 fully saturated rings. The Morgan fingerprint density at radius 1 is 1.53 bits per heavy atom. The summed E-state index contributed by atoms with van der Waals surface area (Å²) in [5.74, 6) is 5.42. The van der Waals surface area contributed by atoms with E-state index in [1.807, 2.05) is 18.2 Å². The molecule has 0 aliphatic heterocycles. The van der Waals surface area contributed by atoms with E-state index in [0.29, 0.717) is 6.61 Å². The van der Waals surface area contributed by atoms with Gasteiger partial charge in [-0.15, -0.1) is 0 Å². The largest absolute Gasteiger partial charge is 0.465 e. The number of ether oxygens (including phenoxy) is 1. The SMILES string of the molecule is CCOC(=O)CC#Cc1ccc2[nH]ncc2c1. The van der Waals surface area contributed by atoms with Crippen molar-refractivity contribution in [2.75, 3.05) is 6.61 Å². The molecule has 1 N–H and O–H groups in total. The van der Waals surface area contributed by atoms with E-state index in [2.05, 4.69) is 22.0 Å². The van der Waals surface area contributed by atoms with Crippen LogP contribution in [0.15, 0.2) is 24.4 Å². The van der Waals surface area contributed by atoms with E-state index >= 15 is 0 Å². The van der Waals surface area contributed by atoms with Gasteiger partial charge in [-0.25, -0.2) is 0 Å². The van der Waals surface area contributed by atoms with Crippen LogP contribution in [-0.4, -0.2) is 22.8 Å². The zero-order valence-corrected chi connectivity index (χ0v) is 9.49. The Labute approximate surface area is 99.0 Å². The Hall–Kier alpha value is -2.28. The summed E-state index contributed by atoms with van der Waals surface area (Å²) in [5.41, 5.74) is 1.84. The molecule has 0 spiro atoms. The van der Waals surface area contributed by atoms with E-state index in [4.69, 9.17) is 4.74 Å². The van der Waals surface area contributed by atoms with Gasteiger partial charge in [-0.05, 0) is 25.1 Å². The van der Waals surface area contributed by atoms with E-state index in [1.165, 1.54) is 0 Å². The number of fused-ring (bicyclic) bond motifs is 1. The maximum absolute atomic E-state index is 11.1. The fraction of sp³-hybridized carbons (Fsp3) is 0.231. The summed E-state index contributed by atoms with van der Waals surface area (Å²) in [7, 11) is 0. The second-order valence-electron chi connectivity index (χ2n) is 3.46. The number of aromatic nitrogens is 2. The van der Waals surface area contributed by atoms with E-state index in [0.717, 1.165) is 16.5 Å². The first-order valence-corrected chi connectivity index (χ1v) is 5.37.